The van der Waals surface area contributed by atoms with Gasteiger partial charge in [-0.1, -0.05) is 6.07 Å². The Kier molecular flexibility index (Phi) is 4.23. The summed E-state index contributed by atoms with van der Waals surface area (Å²) in [5, 5.41) is 8.68. The van der Waals surface area contributed by atoms with Crippen LogP contribution in [0.25, 0.3) is 6.08 Å². The molecule has 4 heteroatoms. The molecule has 0 saturated heterocycles. The average molecular weight is 273 g/mol. The highest BCUT2D eigenvalue weighted by atomic mass is 16.4. The molecule has 1 amide bonds. The molecule has 2 rings (SSSR count). The number of nitrogens with zero attached hydrogens (tertiary/aromatic N) is 1. The van der Waals surface area contributed by atoms with Gasteiger partial charge in [0.2, 0.25) is 0 Å². The molecule has 4 nitrogen and oxygen atoms in total. The molecule has 0 aliphatic heterocycles. The molecule has 0 unspecified atom stereocenters. The molecule has 1 aromatic rings. The summed E-state index contributed by atoms with van der Waals surface area (Å²) in [5.74, 6) is -0.993. The van der Waals surface area contributed by atoms with Crippen LogP contribution < -0.4 is 0 Å². The van der Waals surface area contributed by atoms with Crippen molar-refractivity contribution in [3.63, 3.8) is 0 Å². The summed E-state index contributed by atoms with van der Waals surface area (Å²) in [7, 11) is 1.83. The fourth-order valence-corrected chi connectivity index (χ4v) is 2.26. The second kappa shape index (κ2) is 5.90. The molecule has 0 atom stereocenters. The predicted molar refractivity (Wildman–Crippen MR) is 77.6 cm³/mol. The Balaban J connectivity index is 2.21. The van der Waals surface area contributed by atoms with Crippen LogP contribution in [-0.2, 0) is 4.79 Å². The van der Waals surface area contributed by atoms with Crippen molar-refractivity contribution in [3.8, 4) is 0 Å². The highest BCUT2D eigenvalue weighted by Gasteiger charge is 2.26. The zero-order valence-corrected chi connectivity index (χ0v) is 11.8. The highest BCUT2D eigenvalue weighted by molar-refractivity contribution is 5.95. The van der Waals surface area contributed by atoms with E-state index in [1.807, 2.05) is 20.0 Å². The van der Waals surface area contributed by atoms with Gasteiger partial charge in [-0.2, -0.15) is 0 Å². The van der Waals surface area contributed by atoms with Gasteiger partial charge in [0.25, 0.3) is 5.91 Å². The number of amides is 1. The molecule has 1 fully saturated rings. The second-order valence-corrected chi connectivity index (χ2v) is 5.24. The Morgan fingerprint density at radius 3 is 2.60 bits per heavy atom. The van der Waals surface area contributed by atoms with E-state index in [4.69, 9.17) is 5.11 Å². The second-order valence-electron chi connectivity index (χ2n) is 5.24. The number of rotatable bonds is 4. The van der Waals surface area contributed by atoms with Crippen LogP contribution in [0.2, 0.25) is 0 Å². The van der Waals surface area contributed by atoms with Crippen molar-refractivity contribution in [3.05, 3.63) is 41.0 Å². The van der Waals surface area contributed by atoms with E-state index in [1.165, 1.54) is 12.5 Å². The molecule has 1 saturated carbocycles. The summed E-state index contributed by atoms with van der Waals surface area (Å²) < 4.78 is 0. The lowest BCUT2D eigenvalue weighted by Crippen LogP contribution is -2.41. The number of hydrogen-bond acceptors (Lipinski definition) is 2. The SMILES string of the molecule is Cc1ccc(C(=O)N(C)C2CCC2)cc1/C=C/C(=O)O. The summed E-state index contributed by atoms with van der Waals surface area (Å²) in [5.41, 5.74) is 2.32. The van der Waals surface area contributed by atoms with Gasteiger partial charge in [0.15, 0.2) is 0 Å². The minimum Gasteiger partial charge on any atom is -0.478 e. The zero-order valence-electron chi connectivity index (χ0n) is 11.8. The molecule has 0 bridgehead atoms. The number of carbonyl (C=O) groups excluding carboxylic acids is 1. The number of carbonyl (C=O) groups is 2. The van der Waals surface area contributed by atoms with Crippen molar-refractivity contribution in [2.75, 3.05) is 7.05 Å². The van der Waals surface area contributed by atoms with Gasteiger partial charge in [-0.15, -0.1) is 0 Å². The van der Waals surface area contributed by atoms with Crippen LogP contribution in [0.3, 0.4) is 0 Å². The third kappa shape index (κ3) is 3.07. The lowest BCUT2D eigenvalue weighted by atomic mass is 9.91. The van der Waals surface area contributed by atoms with Gasteiger partial charge in [0, 0.05) is 24.7 Å². The van der Waals surface area contributed by atoms with Gasteiger partial charge in [-0.05, 0) is 55.5 Å². The Hall–Kier alpha value is -2.10. The van der Waals surface area contributed by atoms with Gasteiger partial charge in [0.1, 0.15) is 0 Å². The smallest absolute Gasteiger partial charge is 0.328 e. The third-order valence-corrected chi connectivity index (χ3v) is 3.87. The Labute approximate surface area is 118 Å². The summed E-state index contributed by atoms with van der Waals surface area (Å²) in [6.07, 6.45) is 5.94. The Morgan fingerprint density at radius 2 is 2.05 bits per heavy atom. The molecule has 0 heterocycles. The molecule has 1 aliphatic carbocycles. The van der Waals surface area contributed by atoms with Gasteiger partial charge in [-0.25, -0.2) is 4.79 Å². The van der Waals surface area contributed by atoms with E-state index >= 15 is 0 Å². The van der Waals surface area contributed by atoms with Crippen LogP contribution >= 0.6 is 0 Å². The first-order valence-electron chi connectivity index (χ1n) is 6.78. The van der Waals surface area contributed by atoms with Gasteiger partial charge < -0.3 is 10.0 Å². The fraction of sp³-hybridized carbons (Fsp3) is 0.375. The molecule has 1 aromatic carbocycles. The standard InChI is InChI=1S/C16H19NO3/c1-11-6-7-13(10-12(11)8-9-15(18)19)16(20)17(2)14-4-3-5-14/h6-10,14H,3-5H2,1-2H3,(H,18,19)/b9-8+. The van der Waals surface area contributed by atoms with Crippen molar-refractivity contribution in [1.82, 2.24) is 4.90 Å². The molecule has 1 N–H and O–H groups in total. The lowest BCUT2D eigenvalue weighted by molar-refractivity contribution is -0.131. The van der Waals surface area contributed by atoms with E-state index < -0.39 is 5.97 Å². The topological polar surface area (TPSA) is 57.6 Å². The maximum Gasteiger partial charge on any atom is 0.328 e. The quantitative estimate of drug-likeness (QED) is 0.858. The lowest BCUT2D eigenvalue weighted by Gasteiger charge is -2.34. The zero-order chi connectivity index (χ0) is 14.7. The van der Waals surface area contributed by atoms with Gasteiger partial charge in [0.05, 0.1) is 0 Å². The maximum atomic E-state index is 12.4. The van der Waals surface area contributed by atoms with Crippen LogP contribution in [0.1, 0.15) is 40.7 Å². The summed E-state index contributed by atoms with van der Waals surface area (Å²) in [4.78, 5) is 24.7. The van der Waals surface area contributed by atoms with E-state index in [9.17, 15) is 9.59 Å². The minimum atomic E-state index is -0.993. The normalized spacial score (nSPS) is 15.1. The number of benzene rings is 1. The van der Waals surface area contributed by atoms with E-state index in [2.05, 4.69) is 0 Å². The monoisotopic (exact) mass is 273 g/mol. The molecule has 0 aromatic heterocycles. The van der Waals surface area contributed by atoms with Crippen LogP contribution in [-0.4, -0.2) is 35.0 Å². The largest absolute Gasteiger partial charge is 0.478 e. The molecule has 0 spiro atoms. The Bertz CT molecular complexity index is 559. The van der Waals surface area contributed by atoms with E-state index in [-0.39, 0.29) is 5.91 Å². The van der Waals surface area contributed by atoms with Crippen LogP contribution in [0.4, 0.5) is 0 Å². The summed E-state index contributed by atoms with van der Waals surface area (Å²) in [6, 6.07) is 5.75. The number of aryl methyl sites for hydroxylation is 1. The first kappa shape index (κ1) is 14.3. The molecule has 106 valence electrons. The number of aliphatic carboxylic acids is 1. The molecule has 20 heavy (non-hydrogen) atoms. The summed E-state index contributed by atoms with van der Waals surface area (Å²) in [6.45, 7) is 1.89. The van der Waals surface area contributed by atoms with Crippen molar-refractivity contribution in [2.24, 2.45) is 0 Å². The number of hydrogen-bond donors (Lipinski definition) is 1. The maximum absolute atomic E-state index is 12.4. The first-order chi connectivity index (χ1) is 9.49. The first-order valence-corrected chi connectivity index (χ1v) is 6.78. The molecule has 1 aliphatic rings. The molecule has 0 radical (unpaired) electrons. The van der Waals surface area contributed by atoms with Crippen LogP contribution in [0, 0.1) is 6.92 Å². The fourth-order valence-electron chi connectivity index (χ4n) is 2.26. The van der Waals surface area contributed by atoms with Crippen LogP contribution in [0.15, 0.2) is 24.3 Å². The predicted octanol–water partition coefficient (Wildman–Crippen LogP) is 2.72. The Morgan fingerprint density at radius 1 is 1.35 bits per heavy atom. The van der Waals surface area contributed by atoms with Crippen molar-refractivity contribution in [1.29, 1.82) is 0 Å². The summed E-state index contributed by atoms with van der Waals surface area (Å²) >= 11 is 0. The third-order valence-electron chi connectivity index (χ3n) is 3.87. The highest BCUT2D eigenvalue weighted by Crippen LogP contribution is 2.25. The molecular weight excluding hydrogens is 254 g/mol. The average Bonchev–Trinajstić information content (AvgIpc) is 2.34. The van der Waals surface area contributed by atoms with E-state index in [0.29, 0.717) is 11.6 Å². The molecular formula is C16H19NO3. The van der Waals surface area contributed by atoms with Crippen molar-refractivity contribution < 1.29 is 14.7 Å². The van der Waals surface area contributed by atoms with Gasteiger partial charge in [-0.3, -0.25) is 4.79 Å². The number of carboxylic acids is 1. The van der Waals surface area contributed by atoms with E-state index in [0.717, 1.165) is 30.0 Å². The van der Waals surface area contributed by atoms with E-state index in [1.54, 1.807) is 17.0 Å². The van der Waals surface area contributed by atoms with Crippen molar-refractivity contribution in [2.45, 2.75) is 32.2 Å². The van der Waals surface area contributed by atoms with Crippen molar-refractivity contribution >= 4 is 18.0 Å². The number of carboxylic acid groups (broad SMARTS) is 1. The minimum absolute atomic E-state index is 0.000301. The van der Waals surface area contributed by atoms with Gasteiger partial charge >= 0.3 is 5.97 Å². The van der Waals surface area contributed by atoms with Crippen LogP contribution in [0.5, 0.6) is 0 Å².